The third kappa shape index (κ3) is 5.79. The lowest BCUT2D eigenvalue weighted by atomic mass is 10.1. The van der Waals surface area contributed by atoms with E-state index in [9.17, 15) is 13.8 Å². The summed E-state index contributed by atoms with van der Waals surface area (Å²) in [7, 11) is -2.89. The number of nitrogen functional groups attached to an aromatic ring is 1. The number of allylic oxidation sites excluding steroid dienone is 1. The average Bonchev–Trinajstić information content (AvgIpc) is 3.44. The van der Waals surface area contributed by atoms with E-state index in [4.69, 9.17) is 26.4 Å². The van der Waals surface area contributed by atoms with Gasteiger partial charge < -0.3 is 19.6 Å². The molecule has 0 radical (unpaired) electrons. The first-order valence-electron chi connectivity index (χ1n) is 10.6. The molecule has 1 aliphatic carbocycles. The van der Waals surface area contributed by atoms with Crippen molar-refractivity contribution in [3.63, 3.8) is 0 Å². The van der Waals surface area contributed by atoms with Crippen LogP contribution in [0.4, 0.5) is 10.3 Å². The number of halogens is 2. The molecule has 0 saturated carbocycles. The third-order valence-electron chi connectivity index (χ3n) is 5.29. The van der Waals surface area contributed by atoms with Crippen LogP contribution in [0.5, 0.6) is 5.75 Å². The molecule has 1 aliphatic rings. The molecular weight excluding hydrogens is 502 g/mol. The van der Waals surface area contributed by atoms with Crippen molar-refractivity contribution in [3.8, 4) is 5.75 Å². The number of nitrogens with two attached hydrogens (primary N) is 1. The van der Waals surface area contributed by atoms with E-state index in [1.54, 1.807) is 6.33 Å². The minimum atomic E-state index is -4.09. The molecule has 186 valence electrons. The monoisotopic (exact) mass is 524 g/mol. The molecule has 1 aromatic carbocycles. The molecule has 4 atom stereocenters. The molecule has 0 bridgehead atoms. The Morgan fingerprint density at radius 3 is 2.94 bits per heavy atom. The number of nitrogens with zero attached hydrogens (tertiary/aromatic N) is 4. The number of rotatable bonds is 9. The summed E-state index contributed by atoms with van der Waals surface area (Å²) in [6.07, 6.45) is 6.00. The molecule has 0 amide bonds. The van der Waals surface area contributed by atoms with Crippen molar-refractivity contribution < 1.29 is 27.5 Å². The molecule has 11 nitrogen and oxygen atoms in total. The molecule has 3 aromatic rings. The molecular formula is C21H23ClFN6O5P. The molecule has 35 heavy (non-hydrogen) atoms. The molecule has 0 aliphatic heterocycles. The Labute approximate surface area is 205 Å². The summed E-state index contributed by atoms with van der Waals surface area (Å²) in [5.41, 5.74) is 6.65. The first kappa shape index (κ1) is 25.1. The number of nitrogens with one attached hydrogen (secondary N) is 1. The van der Waals surface area contributed by atoms with Crippen LogP contribution in [0, 0.1) is 11.7 Å². The molecule has 14 heteroatoms. The third-order valence-corrected chi connectivity index (χ3v) is 7.20. The zero-order valence-electron chi connectivity index (χ0n) is 18.8. The Bertz CT molecular complexity index is 1320. The van der Waals surface area contributed by atoms with Crippen LogP contribution >= 0.6 is 19.3 Å². The highest BCUT2D eigenvalue weighted by atomic mass is 35.5. The van der Waals surface area contributed by atoms with Gasteiger partial charge >= 0.3 is 13.7 Å². The number of hydrogen-bond donors (Lipinski definition) is 2. The Balaban J connectivity index is 1.47. The lowest BCUT2D eigenvalue weighted by Gasteiger charge is -2.23. The average molecular weight is 525 g/mol. The molecule has 1 unspecified atom stereocenters. The van der Waals surface area contributed by atoms with Gasteiger partial charge in [0.05, 0.1) is 26.1 Å². The summed E-state index contributed by atoms with van der Waals surface area (Å²) in [5, 5.41) is 2.70. The second kappa shape index (κ2) is 10.3. The van der Waals surface area contributed by atoms with E-state index in [1.165, 1.54) is 32.2 Å². The van der Waals surface area contributed by atoms with Gasteiger partial charge in [-0.05, 0) is 25.5 Å². The maximum absolute atomic E-state index is 13.6. The fourth-order valence-electron chi connectivity index (χ4n) is 3.64. The van der Waals surface area contributed by atoms with Crippen LogP contribution < -0.4 is 15.3 Å². The van der Waals surface area contributed by atoms with Crippen LogP contribution in [0.1, 0.15) is 19.4 Å². The standard InChI is InChI=1S/C21H23ClFN6O5P/c1-12(20(30)32-2)28-35(31,34-16-5-3-4-14(23)9-16)33-10-13-6-7-15(8-13)29-11-25-17-18(22)26-21(24)27-19(17)29/h3-7,9,11-13,15H,8,10H2,1-2H3,(H,28,31)(H2,24,26,27)/t12-,13+,15-,35?/m0/s1. The van der Waals surface area contributed by atoms with Gasteiger partial charge in [-0.15, -0.1) is 0 Å². The van der Waals surface area contributed by atoms with Crippen molar-refractivity contribution in [2.75, 3.05) is 19.5 Å². The Morgan fingerprint density at radius 2 is 2.20 bits per heavy atom. The highest BCUT2D eigenvalue weighted by Gasteiger charge is 2.34. The highest BCUT2D eigenvalue weighted by molar-refractivity contribution is 7.52. The van der Waals surface area contributed by atoms with E-state index in [0.29, 0.717) is 17.6 Å². The SMILES string of the molecule is COC(=O)[C@H](C)NP(=O)(OC[C@@H]1C=C[C@H](n2cnc3c(Cl)nc(N)nc32)C1)Oc1cccc(F)c1. The molecule has 0 spiro atoms. The lowest BCUT2D eigenvalue weighted by molar-refractivity contribution is -0.142. The van der Waals surface area contributed by atoms with E-state index in [-0.39, 0.29) is 35.4 Å². The summed E-state index contributed by atoms with van der Waals surface area (Å²) >= 11 is 6.11. The van der Waals surface area contributed by atoms with Gasteiger partial charge in [0.1, 0.15) is 23.1 Å². The quantitative estimate of drug-likeness (QED) is 0.184. The van der Waals surface area contributed by atoms with Crippen LogP contribution in [0.3, 0.4) is 0 Å². The summed E-state index contributed by atoms with van der Waals surface area (Å²) in [4.78, 5) is 24.3. The van der Waals surface area contributed by atoms with Gasteiger partial charge in [0.2, 0.25) is 5.95 Å². The number of hydrogen-bond acceptors (Lipinski definition) is 9. The number of carbonyl (C=O) groups excluding carboxylic acids is 1. The van der Waals surface area contributed by atoms with Gasteiger partial charge in [-0.3, -0.25) is 9.32 Å². The van der Waals surface area contributed by atoms with Crippen molar-refractivity contribution in [1.82, 2.24) is 24.6 Å². The number of carbonyl (C=O) groups is 1. The van der Waals surface area contributed by atoms with Crippen LogP contribution in [0.2, 0.25) is 5.15 Å². The minimum absolute atomic E-state index is 0.00893. The molecule has 2 aromatic heterocycles. The number of fused-ring (bicyclic) bond motifs is 1. The topological polar surface area (TPSA) is 143 Å². The summed E-state index contributed by atoms with van der Waals surface area (Å²) in [5.74, 6) is -1.38. The Hall–Kier alpha value is -3.05. The first-order valence-corrected chi connectivity index (χ1v) is 12.5. The highest BCUT2D eigenvalue weighted by Crippen LogP contribution is 2.46. The van der Waals surface area contributed by atoms with Gasteiger partial charge in [-0.25, -0.2) is 13.9 Å². The maximum Gasteiger partial charge on any atom is 0.459 e. The van der Waals surface area contributed by atoms with Crippen molar-refractivity contribution in [1.29, 1.82) is 0 Å². The fraction of sp³-hybridized carbons (Fsp3) is 0.333. The Morgan fingerprint density at radius 1 is 1.40 bits per heavy atom. The number of esters is 1. The van der Waals surface area contributed by atoms with Gasteiger partial charge in [0, 0.05) is 12.0 Å². The number of ether oxygens (including phenoxy) is 1. The maximum atomic E-state index is 13.6. The van der Waals surface area contributed by atoms with Crippen LogP contribution in [0.15, 0.2) is 42.7 Å². The normalized spacial score (nSPS) is 20.0. The second-order valence-corrected chi connectivity index (χ2v) is 9.91. The van der Waals surface area contributed by atoms with E-state index >= 15 is 0 Å². The number of benzene rings is 1. The summed E-state index contributed by atoms with van der Waals surface area (Å²) in [6.45, 7) is 1.44. The predicted molar refractivity (Wildman–Crippen MR) is 126 cm³/mol. The fourth-order valence-corrected chi connectivity index (χ4v) is 5.39. The second-order valence-electron chi connectivity index (χ2n) is 7.86. The van der Waals surface area contributed by atoms with Crippen LogP contribution in [0.25, 0.3) is 11.2 Å². The predicted octanol–water partition coefficient (Wildman–Crippen LogP) is 3.67. The van der Waals surface area contributed by atoms with E-state index in [2.05, 4.69) is 24.8 Å². The van der Waals surface area contributed by atoms with Gasteiger partial charge in [0.15, 0.2) is 10.8 Å². The van der Waals surface area contributed by atoms with Crippen molar-refractivity contribution >= 4 is 42.4 Å². The van der Waals surface area contributed by atoms with Crippen LogP contribution in [-0.2, 0) is 18.6 Å². The number of aromatic nitrogens is 4. The number of anilines is 1. The molecule has 4 rings (SSSR count). The minimum Gasteiger partial charge on any atom is -0.468 e. The summed E-state index contributed by atoms with van der Waals surface area (Å²) in [6, 6.07) is 3.98. The Kier molecular flexibility index (Phi) is 7.36. The van der Waals surface area contributed by atoms with E-state index < -0.39 is 25.6 Å². The smallest absolute Gasteiger partial charge is 0.459 e. The largest absolute Gasteiger partial charge is 0.468 e. The molecule has 0 fully saturated rings. The number of methoxy groups -OCH3 is 1. The van der Waals surface area contributed by atoms with Crippen molar-refractivity contribution in [2.24, 2.45) is 5.92 Å². The molecule has 2 heterocycles. The van der Waals surface area contributed by atoms with Gasteiger partial charge in [-0.1, -0.05) is 29.8 Å². The van der Waals surface area contributed by atoms with Crippen molar-refractivity contribution in [2.45, 2.75) is 25.4 Å². The lowest BCUT2D eigenvalue weighted by Crippen LogP contribution is -2.34. The van der Waals surface area contributed by atoms with Crippen molar-refractivity contribution in [3.05, 3.63) is 53.7 Å². The van der Waals surface area contributed by atoms with E-state index in [1.807, 2.05) is 16.7 Å². The number of imidazole rings is 1. The zero-order chi connectivity index (χ0) is 25.2. The van der Waals surface area contributed by atoms with E-state index in [0.717, 1.165) is 6.07 Å². The van der Waals surface area contributed by atoms with Crippen LogP contribution in [-0.4, -0.2) is 45.2 Å². The first-order chi connectivity index (χ1) is 16.7. The summed E-state index contributed by atoms with van der Waals surface area (Å²) < 4.78 is 44.7. The van der Waals surface area contributed by atoms with Gasteiger partial charge in [0.25, 0.3) is 0 Å². The van der Waals surface area contributed by atoms with Gasteiger partial charge in [-0.2, -0.15) is 15.1 Å². The zero-order valence-corrected chi connectivity index (χ0v) is 20.4. The molecule has 3 N–H and O–H groups in total. The molecule has 0 saturated heterocycles.